The molecule has 3 heteroatoms. The zero-order valence-corrected chi connectivity index (χ0v) is 7.31. The van der Waals surface area contributed by atoms with Crippen LogP contribution in [0.4, 0.5) is 0 Å². The van der Waals surface area contributed by atoms with Crippen molar-refractivity contribution in [3.63, 3.8) is 0 Å². The van der Waals surface area contributed by atoms with Crippen LogP contribution in [0.5, 0.6) is 5.75 Å². The molecule has 0 aliphatic carbocycles. The molecule has 0 unspecified atom stereocenters. The molecule has 0 saturated heterocycles. The van der Waals surface area contributed by atoms with Crippen LogP contribution < -0.4 is 4.89 Å². The zero-order valence-electron chi connectivity index (χ0n) is 7.31. The van der Waals surface area contributed by atoms with Gasteiger partial charge in [-0.3, -0.25) is 4.89 Å². The van der Waals surface area contributed by atoms with E-state index >= 15 is 0 Å². The van der Waals surface area contributed by atoms with E-state index in [1.165, 1.54) is 5.39 Å². The molecular formula is C11H7NO2. The second-order valence-corrected chi connectivity index (χ2v) is 3.09. The molecule has 0 radical (unpaired) electrons. The van der Waals surface area contributed by atoms with Crippen LogP contribution in [0.3, 0.4) is 0 Å². The largest absolute Gasteiger partial charge is 0.267 e. The number of oxime groups is 1. The molecule has 0 amide bonds. The number of hydrogen-bond donors (Lipinski definition) is 0. The Morgan fingerprint density at radius 1 is 1.00 bits per heavy atom. The summed E-state index contributed by atoms with van der Waals surface area (Å²) in [5, 5.41) is 5.91. The second kappa shape index (κ2) is 2.73. The lowest BCUT2D eigenvalue weighted by atomic mass is 10.0. The summed E-state index contributed by atoms with van der Waals surface area (Å²) in [5.41, 5.74) is 0.967. The fourth-order valence-corrected chi connectivity index (χ4v) is 1.62. The van der Waals surface area contributed by atoms with Crippen molar-refractivity contribution in [2.75, 3.05) is 0 Å². The third kappa shape index (κ3) is 0.956. The van der Waals surface area contributed by atoms with Gasteiger partial charge in [0.2, 0.25) is 0 Å². The molecule has 14 heavy (non-hydrogen) atoms. The van der Waals surface area contributed by atoms with Crippen molar-refractivity contribution in [2.45, 2.75) is 0 Å². The van der Waals surface area contributed by atoms with Crippen LogP contribution >= 0.6 is 0 Å². The van der Waals surface area contributed by atoms with Gasteiger partial charge in [-0.15, -0.1) is 0 Å². The Morgan fingerprint density at radius 3 is 2.93 bits per heavy atom. The highest BCUT2D eigenvalue weighted by molar-refractivity contribution is 6.02. The first-order valence-corrected chi connectivity index (χ1v) is 4.34. The number of nitrogens with zero attached hydrogens (tertiary/aromatic N) is 1. The second-order valence-electron chi connectivity index (χ2n) is 3.09. The molecule has 68 valence electrons. The van der Waals surface area contributed by atoms with Crippen LogP contribution in [0, 0.1) is 0 Å². The molecule has 0 N–H and O–H groups in total. The third-order valence-corrected chi connectivity index (χ3v) is 2.28. The van der Waals surface area contributed by atoms with Gasteiger partial charge in [0.05, 0.1) is 11.8 Å². The summed E-state index contributed by atoms with van der Waals surface area (Å²) in [5.74, 6) is 0.707. The van der Waals surface area contributed by atoms with Gasteiger partial charge < -0.3 is 0 Å². The summed E-state index contributed by atoms with van der Waals surface area (Å²) >= 11 is 0. The van der Waals surface area contributed by atoms with Gasteiger partial charge in [-0.25, -0.2) is 0 Å². The van der Waals surface area contributed by atoms with Gasteiger partial charge in [-0.05, 0) is 22.0 Å². The van der Waals surface area contributed by atoms with Crippen LogP contribution in [0.15, 0.2) is 41.6 Å². The van der Waals surface area contributed by atoms with Crippen molar-refractivity contribution in [1.29, 1.82) is 0 Å². The predicted octanol–water partition coefficient (Wildman–Crippen LogP) is 2.50. The minimum absolute atomic E-state index is 0.707. The van der Waals surface area contributed by atoms with Gasteiger partial charge in [0.15, 0.2) is 5.75 Å². The normalized spacial score (nSPS) is 13.1. The minimum atomic E-state index is 0.707. The summed E-state index contributed by atoms with van der Waals surface area (Å²) in [6.45, 7) is 0. The van der Waals surface area contributed by atoms with Crippen molar-refractivity contribution < 1.29 is 9.88 Å². The average molecular weight is 185 g/mol. The molecule has 3 nitrogen and oxygen atoms in total. The summed E-state index contributed by atoms with van der Waals surface area (Å²) in [6, 6.07) is 12.0. The fraction of sp³-hybridized carbons (Fsp3) is 0. The van der Waals surface area contributed by atoms with Crippen molar-refractivity contribution in [2.24, 2.45) is 5.16 Å². The van der Waals surface area contributed by atoms with Gasteiger partial charge in [-0.1, -0.05) is 30.3 Å². The fourth-order valence-electron chi connectivity index (χ4n) is 1.62. The molecule has 0 saturated carbocycles. The molecule has 1 aliphatic heterocycles. The molecule has 1 aliphatic rings. The molecule has 0 fully saturated rings. The Labute approximate surface area is 80.5 Å². The Morgan fingerprint density at radius 2 is 1.93 bits per heavy atom. The smallest absolute Gasteiger partial charge is 0.190 e. The van der Waals surface area contributed by atoms with Gasteiger partial charge >= 0.3 is 0 Å². The predicted molar refractivity (Wildman–Crippen MR) is 53.3 cm³/mol. The monoisotopic (exact) mass is 185 g/mol. The van der Waals surface area contributed by atoms with Crippen LogP contribution in [0.25, 0.3) is 10.8 Å². The maximum Gasteiger partial charge on any atom is 0.190 e. The first-order chi connectivity index (χ1) is 6.95. The molecule has 3 rings (SSSR count). The van der Waals surface area contributed by atoms with E-state index in [1.807, 2.05) is 30.3 Å². The molecule has 0 bridgehead atoms. The highest BCUT2D eigenvalue weighted by Gasteiger charge is 2.11. The molecule has 2 aromatic rings. The van der Waals surface area contributed by atoms with Crippen LogP contribution in [-0.2, 0) is 4.99 Å². The number of hydrogen-bond acceptors (Lipinski definition) is 3. The SMILES string of the molecule is C1=NOOc2ccc3ccccc3c21. The van der Waals surface area contributed by atoms with Crippen molar-refractivity contribution in [3.05, 3.63) is 42.0 Å². The zero-order chi connectivity index (χ0) is 9.38. The van der Waals surface area contributed by atoms with E-state index < -0.39 is 0 Å². The summed E-state index contributed by atoms with van der Waals surface area (Å²) in [6.07, 6.45) is 1.67. The van der Waals surface area contributed by atoms with Gasteiger partial charge in [-0.2, -0.15) is 4.99 Å². The minimum Gasteiger partial charge on any atom is -0.267 e. The highest BCUT2D eigenvalue weighted by Crippen LogP contribution is 2.28. The van der Waals surface area contributed by atoms with E-state index in [1.54, 1.807) is 6.21 Å². The number of rotatable bonds is 0. The Balaban J connectivity index is 2.42. The quantitative estimate of drug-likeness (QED) is 0.590. The Kier molecular flexibility index (Phi) is 1.44. The van der Waals surface area contributed by atoms with Crippen LogP contribution in [0.1, 0.15) is 5.56 Å². The molecule has 0 spiro atoms. The van der Waals surface area contributed by atoms with Crippen LogP contribution in [0.2, 0.25) is 0 Å². The van der Waals surface area contributed by atoms with Gasteiger partial charge in [0.1, 0.15) is 0 Å². The van der Waals surface area contributed by atoms with E-state index in [-0.39, 0.29) is 0 Å². The molecule has 1 heterocycles. The summed E-state index contributed by atoms with van der Waals surface area (Å²) < 4.78 is 0. The van der Waals surface area contributed by atoms with Gasteiger partial charge in [0, 0.05) is 0 Å². The highest BCUT2D eigenvalue weighted by atomic mass is 17.3. The molecule has 2 aromatic carbocycles. The van der Waals surface area contributed by atoms with E-state index in [0.29, 0.717) is 5.75 Å². The first kappa shape index (κ1) is 7.38. The molecule has 0 aromatic heterocycles. The van der Waals surface area contributed by atoms with Crippen molar-refractivity contribution in [3.8, 4) is 5.75 Å². The maximum atomic E-state index is 4.93. The van der Waals surface area contributed by atoms with E-state index in [9.17, 15) is 0 Å². The van der Waals surface area contributed by atoms with Crippen molar-refractivity contribution in [1.82, 2.24) is 0 Å². The topological polar surface area (TPSA) is 30.8 Å². The summed E-state index contributed by atoms with van der Waals surface area (Å²) in [7, 11) is 0. The standard InChI is InChI=1S/C11H7NO2/c1-2-4-9-8(3-1)5-6-11-10(9)7-12-14-13-11/h1-7H. The summed E-state index contributed by atoms with van der Waals surface area (Å²) in [4.78, 5) is 9.45. The van der Waals surface area contributed by atoms with E-state index in [0.717, 1.165) is 10.9 Å². The van der Waals surface area contributed by atoms with Gasteiger partial charge in [0.25, 0.3) is 0 Å². The average Bonchev–Trinajstić information content (AvgIpc) is 2.29. The Bertz CT molecular complexity index is 520. The lowest BCUT2D eigenvalue weighted by Gasteiger charge is -2.10. The Hall–Kier alpha value is -2.03. The van der Waals surface area contributed by atoms with E-state index in [4.69, 9.17) is 4.89 Å². The lowest BCUT2D eigenvalue weighted by Crippen LogP contribution is -2.01. The maximum absolute atomic E-state index is 4.93. The molecule has 0 atom stereocenters. The lowest BCUT2D eigenvalue weighted by molar-refractivity contribution is -0.209. The molecular weight excluding hydrogens is 178 g/mol. The van der Waals surface area contributed by atoms with E-state index in [2.05, 4.69) is 16.2 Å². The number of benzene rings is 2. The third-order valence-electron chi connectivity index (χ3n) is 2.28. The number of fused-ring (bicyclic) bond motifs is 3. The first-order valence-electron chi connectivity index (χ1n) is 4.34. The van der Waals surface area contributed by atoms with Crippen LogP contribution in [-0.4, -0.2) is 6.21 Å². The van der Waals surface area contributed by atoms with Crippen molar-refractivity contribution >= 4 is 17.0 Å².